The number of hydrogen-bond acceptors (Lipinski definition) is 0. The highest BCUT2D eigenvalue weighted by Crippen LogP contribution is 2.35. The van der Waals surface area contributed by atoms with Gasteiger partial charge in [0.05, 0.1) is 0 Å². The van der Waals surface area contributed by atoms with Crippen molar-refractivity contribution in [1.29, 1.82) is 0 Å². The normalized spacial score (nSPS) is 17.1. The van der Waals surface area contributed by atoms with Gasteiger partial charge in [0.25, 0.3) is 0 Å². The van der Waals surface area contributed by atoms with Crippen molar-refractivity contribution in [2.24, 2.45) is 5.41 Å². The maximum absolute atomic E-state index is 5.91. The zero-order valence-electron chi connectivity index (χ0n) is 10.2. The predicted octanol–water partition coefficient (Wildman–Crippen LogP) is 4.39. The Balaban J connectivity index is 1.95. The molecule has 1 aromatic heterocycles. The Bertz CT molecular complexity index is 523. The third-order valence-corrected chi connectivity index (χ3v) is 3.67. The zero-order chi connectivity index (χ0) is 12.0. The van der Waals surface area contributed by atoms with Gasteiger partial charge in [-0.05, 0) is 41.2 Å². The third-order valence-electron chi connectivity index (χ3n) is 3.42. The average molecular weight is 246 g/mol. The fraction of sp³-hybridized carbons (Fsp3) is 0.333. The molecule has 88 valence electrons. The number of benzene rings is 1. The molecule has 0 fully saturated rings. The van der Waals surface area contributed by atoms with Crippen LogP contribution in [0.15, 0.2) is 36.5 Å². The maximum atomic E-state index is 5.91. The van der Waals surface area contributed by atoms with Gasteiger partial charge in [-0.3, -0.25) is 0 Å². The van der Waals surface area contributed by atoms with Crippen molar-refractivity contribution in [3.05, 3.63) is 47.2 Å². The highest BCUT2D eigenvalue weighted by atomic mass is 35.5. The minimum Gasteiger partial charge on any atom is -0.350 e. The van der Waals surface area contributed by atoms with Crippen LogP contribution in [0.25, 0.3) is 11.1 Å². The van der Waals surface area contributed by atoms with Gasteiger partial charge in [-0.2, -0.15) is 0 Å². The molecular weight excluding hydrogens is 230 g/mol. The number of hydrogen-bond donors (Lipinski definition) is 0. The molecule has 0 N–H and O–H groups in total. The first kappa shape index (κ1) is 10.9. The van der Waals surface area contributed by atoms with E-state index in [0.29, 0.717) is 5.41 Å². The second kappa shape index (κ2) is 3.64. The van der Waals surface area contributed by atoms with E-state index in [2.05, 4.69) is 42.8 Å². The molecule has 0 bridgehead atoms. The van der Waals surface area contributed by atoms with Crippen LogP contribution in [0.3, 0.4) is 0 Å². The molecular formula is C15H16ClN. The predicted molar refractivity (Wildman–Crippen MR) is 72.4 cm³/mol. The molecule has 3 rings (SSSR count). The lowest BCUT2D eigenvalue weighted by molar-refractivity contribution is 0.359. The quantitative estimate of drug-likeness (QED) is 0.702. The first-order valence-corrected chi connectivity index (χ1v) is 6.36. The summed E-state index contributed by atoms with van der Waals surface area (Å²) < 4.78 is 2.38. The molecule has 0 unspecified atom stereocenters. The van der Waals surface area contributed by atoms with E-state index >= 15 is 0 Å². The monoisotopic (exact) mass is 245 g/mol. The molecule has 2 heterocycles. The van der Waals surface area contributed by atoms with Crippen LogP contribution < -0.4 is 0 Å². The molecule has 17 heavy (non-hydrogen) atoms. The lowest BCUT2D eigenvalue weighted by Crippen LogP contribution is -2.11. The Hall–Kier alpha value is -1.21. The summed E-state index contributed by atoms with van der Waals surface area (Å²) in [5, 5.41) is 0.793. The molecule has 1 aromatic carbocycles. The summed E-state index contributed by atoms with van der Waals surface area (Å²) in [7, 11) is 0. The molecule has 0 saturated carbocycles. The second-order valence-corrected chi connectivity index (χ2v) is 6.13. The van der Waals surface area contributed by atoms with Crippen molar-refractivity contribution in [3.63, 3.8) is 0 Å². The maximum Gasteiger partial charge on any atom is 0.0406 e. The molecule has 0 radical (unpaired) electrons. The molecule has 0 amide bonds. The van der Waals surface area contributed by atoms with Gasteiger partial charge >= 0.3 is 0 Å². The third kappa shape index (κ3) is 2.00. The highest BCUT2D eigenvalue weighted by molar-refractivity contribution is 6.30. The Kier molecular flexibility index (Phi) is 2.34. The van der Waals surface area contributed by atoms with Crippen LogP contribution in [-0.4, -0.2) is 4.57 Å². The summed E-state index contributed by atoms with van der Waals surface area (Å²) in [5.41, 5.74) is 4.40. The van der Waals surface area contributed by atoms with Crippen molar-refractivity contribution in [1.82, 2.24) is 4.57 Å². The van der Waals surface area contributed by atoms with Crippen molar-refractivity contribution in [2.45, 2.75) is 26.8 Å². The topological polar surface area (TPSA) is 4.93 Å². The summed E-state index contributed by atoms with van der Waals surface area (Å²) >= 11 is 5.91. The van der Waals surface area contributed by atoms with Gasteiger partial charge in [0.15, 0.2) is 0 Å². The molecule has 1 nitrogen and oxygen atoms in total. The van der Waals surface area contributed by atoms with E-state index in [1.54, 1.807) is 0 Å². The summed E-state index contributed by atoms with van der Waals surface area (Å²) in [5.74, 6) is 0. The van der Waals surface area contributed by atoms with Gasteiger partial charge in [0.2, 0.25) is 0 Å². The number of aromatic nitrogens is 1. The van der Waals surface area contributed by atoms with Gasteiger partial charge in [-0.25, -0.2) is 0 Å². The lowest BCUT2D eigenvalue weighted by atomic mass is 9.91. The van der Waals surface area contributed by atoms with Gasteiger partial charge in [0, 0.05) is 23.5 Å². The van der Waals surface area contributed by atoms with Gasteiger partial charge in [-0.1, -0.05) is 37.6 Å². The van der Waals surface area contributed by atoms with Crippen molar-refractivity contribution in [2.75, 3.05) is 0 Å². The molecule has 2 aromatic rings. The molecule has 1 aliphatic heterocycles. The highest BCUT2D eigenvalue weighted by Gasteiger charge is 2.28. The van der Waals surface area contributed by atoms with Crippen LogP contribution in [-0.2, 0) is 13.0 Å². The van der Waals surface area contributed by atoms with E-state index in [1.807, 2.05) is 12.1 Å². The fourth-order valence-corrected chi connectivity index (χ4v) is 2.78. The van der Waals surface area contributed by atoms with E-state index in [9.17, 15) is 0 Å². The van der Waals surface area contributed by atoms with Gasteiger partial charge < -0.3 is 4.57 Å². The minimum atomic E-state index is 0.411. The Morgan fingerprint density at radius 2 is 1.82 bits per heavy atom. The first-order valence-electron chi connectivity index (χ1n) is 5.99. The van der Waals surface area contributed by atoms with Crippen molar-refractivity contribution in [3.8, 4) is 11.1 Å². The molecule has 2 heteroatoms. The smallest absolute Gasteiger partial charge is 0.0406 e. The van der Waals surface area contributed by atoms with Crippen molar-refractivity contribution >= 4 is 11.6 Å². The average Bonchev–Trinajstić information content (AvgIpc) is 2.72. The standard InChI is InChI=1S/C15H16ClN/c1-15(2)8-14-7-12(9-17(14)10-15)11-3-5-13(16)6-4-11/h3-7,9H,8,10H2,1-2H3. The Morgan fingerprint density at radius 1 is 1.12 bits per heavy atom. The molecule has 0 spiro atoms. The summed E-state index contributed by atoms with van der Waals surface area (Å²) in [6.45, 7) is 5.76. The van der Waals surface area contributed by atoms with Crippen LogP contribution in [0.1, 0.15) is 19.5 Å². The fourth-order valence-electron chi connectivity index (χ4n) is 2.66. The van der Waals surface area contributed by atoms with Crippen LogP contribution >= 0.6 is 11.6 Å². The summed E-state index contributed by atoms with van der Waals surface area (Å²) in [4.78, 5) is 0. The Labute approximate surface area is 107 Å². The van der Waals surface area contributed by atoms with Crippen LogP contribution in [0, 0.1) is 5.41 Å². The molecule has 0 aliphatic carbocycles. The Morgan fingerprint density at radius 3 is 2.47 bits per heavy atom. The van der Waals surface area contributed by atoms with Crippen molar-refractivity contribution < 1.29 is 0 Å². The summed E-state index contributed by atoms with van der Waals surface area (Å²) in [6, 6.07) is 10.4. The van der Waals surface area contributed by atoms with Crippen LogP contribution in [0.4, 0.5) is 0 Å². The number of nitrogens with zero attached hydrogens (tertiary/aromatic N) is 1. The molecule has 0 saturated heterocycles. The zero-order valence-corrected chi connectivity index (χ0v) is 11.0. The number of fused-ring (bicyclic) bond motifs is 1. The van der Waals surface area contributed by atoms with Crippen LogP contribution in [0.2, 0.25) is 5.02 Å². The SMILES string of the molecule is CC1(C)Cc2cc(-c3ccc(Cl)cc3)cn2C1. The van der Waals surface area contributed by atoms with E-state index in [1.165, 1.54) is 23.2 Å². The summed E-state index contributed by atoms with van der Waals surface area (Å²) in [6.07, 6.45) is 3.42. The van der Waals surface area contributed by atoms with Crippen LogP contribution in [0.5, 0.6) is 0 Å². The first-order chi connectivity index (χ1) is 8.03. The van der Waals surface area contributed by atoms with E-state index < -0.39 is 0 Å². The molecule has 1 aliphatic rings. The van der Waals surface area contributed by atoms with E-state index in [-0.39, 0.29) is 0 Å². The second-order valence-electron chi connectivity index (χ2n) is 5.70. The van der Waals surface area contributed by atoms with Gasteiger partial charge in [0.1, 0.15) is 0 Å². The molecule has 0 atom stereocenters. The number of halogens is 1. The lowest BCUT2D eigenvalue weighted by Gasteiger charge is -2.15. The van der Waals surface area contributed by atoms with E-state index in [4.69, 9.17) is 11.6 Å². The van der Waals surface area contributed by atoms with Gasteiger partial charge in [-0.15, -0.1) is 0 Å². The number of rotatable bonds is 1. The largest absolute Gasteiger partial charge is 0.350 e. The minimum absolute atomic E-state index is 0.411. The van der Waals surface area contributed by atoms with E-state index in [0.717, 1.165) is 11.6 Å².